The standard InChI is InChI=1S/C18H18FNO3S/c19-15-6-3-4-13(10-15)12-20-18-16-7-2-1-5-14(16)11-17(18)23-8-9-24(20,21)22/h1-7,10,17-18H,8-9,11-12H2/t17-,18+/m0/s1. The van der Waals surface area contributed by atoms with Crippen molar-refractivity contribution in [2.24, 2.45) is 0 Å². The number of rotatable bonds is 2. The molecule has 1 aliphatic heterocycles. The van der Waals surface area contributed by atoms with Crippen LogP contribution in [0.25, 0.3) is 0 Å². The highest BCUT2D eigenvalue weighted by Gasteiger charge is 2.44. The van der Waals surface area contributed by atoms with Gasteiger partial charge in [-0.2, -0.15) is 4.31 Å². The van der Waals surface area contributed by atoms with Gasteiger partial charge >= 0.3 is 0 Å². The molecule has 2 aromatic rings. The number of hydrogen-bond donors (Lipinski definition) is 0. The Bertz CT molecular complexity index is 868. The van der Waals surface area contributed by atoms with Gasteiger partial charge in [-0.3, -0.25) is 0 Å². The molecule has 2 aromatic carbocycles. The Labute approximate surface area is 140 Å². The summed E-state index contributed by atoms with van der Waals surface area (Å²) in [5.41, 5.74) is 2.75. The van der Waals surface area contributed by atoms with Crippen molar-refractivity contribution in [3.8, 4) is 0 Å². The Morgan fingerprint density at radius 2 is 2.00 bits per heavy atom. The molecule has 2 atom stereocenters. The van der Waals surface area contributed by atoms with E-state index in [1.165, 1.54) is 16.4 Å². The molecule has 2 aliphatic rings. The molecule has 0 unspecified atom stereocenters. The summed E-state index contributed by atoms with van der Waals surface area (Å²) in [7, 11) is -3.48. The van der Waals surface area contributed by atoms with E-state index in [2.05, 4.69) is 0 Å². The van der Waals surface area contributed by atoms with Crippen LogP contribution in [0.15, 0.2) is 48.5 Å². The lowest BCUT2D eigenvalue weighted by molar-refractivity contribution is 0.0321. The van der Waals surface area contributed by atoms with Gasteiger partial charge in [0, 0.05) is 13.0 Å². The first-order valence-corrected chi connectivity index (χ1v) is 9.59. The summed E-state index contributed by atoms with van der Waals surface area (Å²) in [6.07, 6.45) is 0.518. The van der Waals surface area contributed by atoms with Crippen molar-refractivity contribution in [1.29, 1.82) is 0 Å². The molecule has 0 radical (unpaired) electrons. The Morgan fingerprint density at radius 1 is 1.17 bits per heavy atom. The number of halogens is 1. The molecule has 1 fully saturated rings. The minimum Gasteiger partial charge on any atom is -0.375 e. The van der Waals surface area contributed by atoms with Crippen LogP contribution in [-0.4, -0.2) is 31.2 Å². The number of hydrogen-bond acceptors (Lipinski definition) is 3. The van der Waals surface area contributed by atoms with E-state index in [1.54, 1.807) is 12.1 Å². The van der Waals surface area contributed by atoms with Crippen LogP contribution in [-0.2, 0) is 27.7 Å². The molecule has 0 aromatic heterocycles. The Morgan fingerprint density at radius 3 is 2.83 bits per heavy atom. The smallest absolute Gasteiger partial charge is 0.217 e. The van der Waals surface area contributed by atoms with E-state index in [4.69, 9.17) is 4.74 Å². The predicted molar refractivity (Wildman–Crippen MR) is 88.4 cm³/mol. The fourth-order valence-corrected chi connectivity index (χ4v) is 5.12. The highest BCUT2D eigenvalue weighted by molar-refractivity contribution is 7.89. The van der Waals surface area contributed by atoms with Crippen molar-refractivity contribution in [1.82, 2.24) is 4.31 Å². The molecule has 4 rings (SSSR count). The molecular weight excluding hydrogens is 329 g/mol. The van der Waals surface area contributed by atoms with Gasteiger partial charge in [-0.05, 0) is 28.8 Å². The molecule has 1 aliphatic carbocycles. The van der Waals surface area contributed by atoms with Gasteiger partial charge in [0.25, 0.3) is 0 Å². The quantitative estimate of drug-likeness (QED) is 0.839. The predicted octanol–water partition coefficient (Wildman–Crippen LogP) is 2.65. The molecule has 1 heterocycles. The van der Waals surface area contributed by atoms with Crippen LogP contribution >= 0.6 is 0 Å². The topological polar surface area (TPSA) is 46.6 Å². The summed E-state index contributed by atoms with van der Waals surface area (Å²) < 4.78 is 46.4. The minimum atomic E-state index is -3.48. The summed E-state index contributed by atoms with van der Waals surface area (Å²) in [6, 6.07) is 13.6. The van der Waals surface area contributed by atoms with E-state index in [0.29, 0.717) is 12.0 Å². The average molecular weight is 347 g/mol. The molecule has 4 nitrogen and oxygen atoms in total. The number of ether oxygens (including phenoxy) is 1. The molecule has 0 saturated carbocycles. The number of nitrogens with zero attached hydrogens (tertiary/aromatic N) is 1. The monoisotopic (exact) mass is 347 g/mol. The van der Waals surface area contributed by atoms with Crippen molar-refractivity contribution in [2.75, 3.05) is 12.4 Å². The zero-order chi connectivity index (χ0) is 16.7. The van der Waals surface area contributed by atoms with Crippen LogP contribution < -0.4 is 0 Å². The van der Waals surface area contributed by atoms with Crippen molar-refractivity contribution in [3.05, 3.63) is 71.0 Å². The summed E-state index contributed by atoms with van der Waals surface area (Å²) in [4.78, 5) is 0. The zero-order valence-electron chi connectivity index (χ0n) is 13.1. The Balaban J connectivity index is 1.78. The zero-order valence-corrected chi connectivity index (χ0v) is 13.9. The van der Waals surface area contributed by atoms with Gasteiger partial charge in [0.15, 0.2) is 0 Å². The maximum absolute atomic E-state index is 13.5. The van der Waals surface area contributed by atoms with Gasteiger partial charge < -0.3 is 4.74 Å². The molecule has 0 spiro atoms. The highest BCUT2D eigenvalue weighted by Crippen LogP contribution is 2.41. The van der Waals surface area contributed by atoms with Crippen LogP contribution in [0.5, 0.6) is 0 Å². The normalized spacial score (nSPS) is 25.7. The van der Waals surface area contributed by atoms with E-state index >= 15 is 0 Å². The second kappa shape index (κ2) is 5.95. The minimum absolute atomic E-state index is 0.0442. The number of sulfonamides is 1. The third-order valence-corrected chi connectivity index (χ3v) is 6.47. The van der Waals surface area contributed by atoms with E-state index in [1.807, 2.05) is 24.3 Å². The van der Waals surface area contributed by atoms with Crippen molar-refractivity contribution in [2.45, 2.75) is 25.1 Å². The number of fused-ring (bicyclic) bond motifs is 3. The lowest BCUT2D eigenvalue weighted by atomic mass is 10.1. The Hall–Kier alpha value is -1.76. The van der Waals surface area contributed by atoms with Crippen LogP contribution in [0, 0.1) is 5.82 Å². The second-order valence-electron chi connectivity index (χ2n) is 6.25. The van der Waals surface area contributed by atoms with Crippen LogP contribution in [0.2, 0.25) is 0 Å². The molecule has 126 valence electrons. The second-order valence-corrected chi connectivity index (χ2v) is 8.29. The molecule has 1 saturated heterocycles. The van der Waals surface area contributed by atoms with Gasteiger partial charge in [-0.25, -0.2) is 12.8 Å². The van der Waals surface area contributed by atoms with E-state index in [9.17, 15) is 12.8 Å². The molecule has 0 bridgehead atoms. The van der Waals surface area contributed by atoms with Gasteiger partial charge in [0.2, 0.25) is 10.0 Å². The molecular formula is C18H18FNO3S. The van der Waals surface area contributed by atoms with Crippen molar-refractivity contribution >= 4 is 10.0 Å². The third kappa shape index (κ3) is 2.75. The van der Waals surface area contributed by atoms with E-state index in [-0.39, 0.29) is 36.9 Å². The van der Waals surface area contributed by atoms with E-state index < -0.39 is 10.0 Å². The van der Waals surface area contributed by atoms with E-state index in [0.717, 1.165) is 11.1 Å². The van der Waals surface area contributed by atoms with Crippen molar-refractivity contribution in [3.63, 3.8) is 0 Å². The Kier molecular flexibility index (Phi) is 3.90. The third-order valence-electron chi connectivity index (χ3n) is 4.72. The van der Waals surface area contributed by atoms with Crippen LogP contribution in [0.3, 0.4) is 0 Å². The first kappa shape index (κ1) is 15.7. The first-order valence-electron chi connectivity index (χ1n) is 7.98. The van der Waals surface area contributed by atoms with Gasteiger partial charge in [0.05, 0.1) is 24.5 Å². The first-order chi connectivity index (χ1) is 11.5. The summed E-state index contributed by atoms with van der Waals surface area (Å²) in [5.74, 6) is -0.406. The SMILES string of the molecule is O=S1(=O)CCO[C@H]2Cc3ccccc3[C@H]2N1Cc1cccc(F)c1. The van der Waals surface area contributed by atoms with Crippen LogP contribution in [0.4, 0.5) is 4.39 Å². The fourth-order valence-electron chi connectivity index (χ4n) is 3.63. The summed E-state index contributed by atoms with van der Waals surface area (Å²) >= 11 is 0. The highest BCUT2D eigenvalue weighted by atomic mass is 32.2. The van der Waals surface area contributed by atoms with Crippen LogP contribution in [0.1, 0.15) is 22.7 Å². The van der Waals surface area contributed by atoms with Gasteiger partial charge in [0.1, 0.15) is 5.82 Å². The maximum atomic E-state index is 13.5. The molecule has 6 heteroatoms. The maximum Gasteiger partial charge on any atom is 0.217 e. The molecule has 0 amide bonds. The van der Waals surface area contributed by atoms with Crippen molar-refractivity contribution < 1.29 is 17.5 Å². The summed E-state index contributed by atoms with van der Waals surface area (Å²) in [6.45, 7) is 0.343. The average Bonchev–Trinajstić information content (AvgIpc) is 2.85. The number of benzene rings is 2. The van der Waals surface area contributed by atoms with Gasteiger partial charge in [-0.1, -0.05) is 36.4 Å². The van der Waals surface area contributed by atoms with Gasteiger partial charge in [-0.15, -0.1) is 0 Å². The summed E-state index contributed by atoms with van der Waals surface area (Å²) in [5, 5.41) is 0. The fraction of sp³-hybridized carbons (Fsp3) is 0.333. The lowest BCUT2D eigenvalue weighted by Gasteiger charge is -2.29. The lowest BCUT2D eigenvalue weighted by Crippen LogP contribution is -2.37. The largest absolute Gasteiger partial charge is 0.375 e. The molecule has 24 heavy (non-hydrogen) atoms. The molecule has 0 N–H and O–H groups in total.